The van der Waals surface area contributed by atoms with E-state index in [0.717, 1.165) is 0 Å². The van der Waals surface area contributed by atoms with Crippen molar-refractivity contribution in [1.29, 1.82) is 0 Å². The summed E-state index contributed by atoms with van der Waals surface area (Å²) in [7, 11) is 0. The molecule has 29 heavy (non-hydrogen) atoms. The van der Waals surface area contributed by atoms with Crippen molar-refractivity contribution in [2.75, 3.05) is 11.9 Å². The van der Waals surface area contributed by atoms with E-state index in [1.54, 1.807) is 54.6 Å². The highest BCUT2D eigenvalue weighted by atomic mass is 35.5. The van der Waals surface area contributed by atoms with Gasteiger partial charge in [-0.15, -0.1) is 0 Å². The Morgan fingerprint density at radius 2 is 1.52 bits per heavy atom. The van der Waals surface area contributed by atoms with Crippen molar-refractivity contribution in [3.8, 4) is 0 Å². The van der Waals surface area contributed by atoms with Crippen LogP contribution < -0.4 is 16.2 Å². The Morgan fingerprint density at radius 1 is 0.828 bits per heavy atom. The number of halogens is 1. The monoisotopic (exact) mass is 417 g/mol. The van der Waals surface area contributed by atoms with Crippen molar-refractivity contribution in [2.45, 2.75) is 19.3 Å². The van der Waals surface area contributed by atoms with Gasteiger partial charge in [0.2, 0.25) is 5.91 Å². The predicted octanol–water partition coefficient (Wildman–Crippen LogP) is 2.45. The lowest BCUT2D eigenvalue weighted by Crippen LogP contribution is -2.43. The van der Waals surface area contributed by atoms with Crippen LogP contribution in [0, 0.1) is 0 Å². The summed E-state index contributed by atoms with van der Waals surface area (Å²) in [5.41, 5.74) is 5.24. The van der Waals surface area contributed by atoms with Gasteiger partial charge in [-0.3, -0.25) is 30.0 Å². The first-order valence-corrected chi connectivity index (χ1v) is 9.17. The first-order chi connectivity index (χ1) is 14.0. The van der Waals surface area contributed by atoms with Crippen LogP contribution in [0.2, 0.25) is 5.02 Å². The van der Waals surface area contributed by atoms with Gasteiger partial charge < -0.3 is 10.1 Å². The van der Waals surface area contributed by atoms with Gasteiger partial charge in [-0.25, -0.2) is 0 Å². The van der Waals surface area contributed by atoms with E-state index < -0.39 is 24.4 Å². The molecule has 0 bridgehead atoms. The van der Waals surface area contributed by atoms with Crippen LogP contribution in [0.4, 0.5) is 5.69 Å². The molecule has 2 rings (SSSR count). The Labute approximate surface area is 172 Å². The minimum absolute atomic E-state index is 0.0282. The highest BCUT2D eigenvalue weighted by Gasteiger charge is 2.11. The summed E-state index contributed by atoms with van der Waals surface area (Å²) < 4.78 is 4.81. The first-order valence-electron chi connectivity index (χ1n) is 8.80. The highest BCUT2D eigenvalue weighted by Crippen LogP contribution is 2.20. The quantitative estimate of drug-likeness (QED) is 0.451. The van der Waals surface area contributed by atoms with Gasteiger partial charge in [-0.2, -0.15) is 0 Å². The molecule has 0 saturated carbocycles. The smallest absolute Gasteiger partial charge is 0.306 e. The fraction of sp³-hybridized carbons (Fsp3) is 0.200. The van der Waals surface area contributed by atoms with Crippen molar-refractivity contribution < 1.29 is 23.9 Å². The molecule has 3 N–H and O–H groups in total. The van der Waals surface area contributed by atoms with Crippen molar-refractivity contribution in [2.24, 2.45) is 0 Å². The Hall–Kier alpha value is -3.39. The lowest BCUT2D eigenvalue weighted by atomic mass is 10.2. The zero-order chi connectivity index (χ0) is 21.1. The normalized spacial score (nSPS) is 9.97. The van der Waals surface area contributed by atoms with E-state index in [1.807, 2.05) is 0 Å². The molecule has 0 aliphatic carbocycles. The average Bonchev–Trinajstić information content (AvgIpc) is 2.72. The lowest BCUT2D eigenvalue weighted by molar-refractivity contribution is -0.148. The van der Waals surface area contributed by atoms with Crippen molar-refractivity contribution in [1.82, 2.24) is 10.9 Å². The first kappa shape index (κ1) is 21.9. The predicted molar refractivity (Wildman–Crippen MR) is 107 cm³/mol. The van der Waals surface area contributed by atoms with Crippen LogP contribution in [-0.4, -0.2) is 30.3 Å². The number of ether oxygens (including phenoxy) is 1. The Bertz CT molecular complexity index is 873. The number of rotatable bonds is 8. The number of benzene rings is 2. The van der Waals surface area contributed by atoms with E-state index in [4.69, 9.17) is 16.3 Å². The van der Waals surface area contributed by atoms with Crippen molar-refractivity contribution in [3.63, 3.8) is 0 Å². The van der Waals surface area contributed by atoms with Crippen LogP contribution in [0.25, 0.3) is 0 Å². The number of hydrogen-bond acceptors (Lipinski definition) is 5. The maximum atomic E-state index is 11.9. The highest BCUT2D eigenvalue weighted by molar-refractivity contribution is 6.33. The van der Waals surface area contributed by atoms with Gasteiger partial charge in [0.15, 0.2) is 6.61 Å². The summed E-state index contributed by atoms with van der Waals surface area (Å²) in [6.45, 7) is -0.542. The number of amides is 3. The second kappa shape index (κ2) is 11.5. The Balaban J connectivity index is 1.59. The van der Waals surface area contributed by atoms with E-state index in [2.05, 4.69) is 16.2 Å². The molecule has 0 fully saturated rings. The van der Waals surface area contributed by atoms with E-state index in [1.165, 1.54) is 0 Å². The molecule has 0 aliphatic rings. The van der Waals surface area contributed by atoms with Crippen LogP contribution in [0.5, 0.6) is 0 Å². The van der Waals surface area contributed by atoms with E-state index >= 15 is 0 Å². The summed E-state index contributed by atoms with van der Waals surface area (Å²) >= 11 is 5.95. The molecular formula is C20H20ClN3O5. The number of para-hydroxylation sites is 1. The van der Waals surface area contributed by atoms with E-state index in [-0.39, 0.29) is 25.2 Å². The molecule has 0 unspecified atom stereocenters. The number of esters is 1. The van der Waals surface area contributed by atoms with Gasteiger partial charge in [0.1, 0.15) is 0 Å². The largest absolute Gasteiger partial charge is 0.455 e. The Kier molecular flexibility index (Phi) is 8.65. The number of hydrogen-bond donors (Lipinski definition) is 3. The minimum atomic E-state index is -0.681. The summed E-state index contributed by atoms with van der Waals surface area (Å²) in [4.78, 5) is 46.9. The maximum absolute atomic E-state index is 11.9. The molecule has 9 heteroatoms. The van der Waals surface area contributed by atoms with Crippen LogP contribution in [0.3, 0.4) is 0 Å². The molecule has 0 aliphatic heterocycles. The van der Waals surface area contributed by atoms with Crippen LogP contribution >= 0.6 is 11.6 Å². The van der Waals surface area contributed by atoms with Gasteiger partial charge in [0.25, 0.3) is 11.8 Å². The zero-order valence-corrected chi connectivity index (χ0v) is 16.2. The van der Waals surface area contributed by atoms with Crippen LogP contribution in [-0.2, 0) is 19.1 Å². The molecule has 2 aromatic carbocycles. The van der Waals surface area contributed by atoms with Crippen LogP contribution in [0.1, 0.15) is 29.6 Å². The molecule has 0 radical (unpaired) electrons. The molecule has 0 heterocycles. The molecule has 0 spiro atoms. The molecule has 0 atom stereocenters. The SMILES string of the molecule is O=C(COC(=O)CCCC(=O)Nc1ccccc1Cl)NNC(=O)c1ccccc1. The topological polar surface area (TPSA) is 114 Å². The molecule has 8 nitrogen and oxygen atoms in total. The number of hydrazine groups is 1. The molecule has 0 aromatic heterocycles. The number of carbonyl (C=O) groups excluding carboxylic acids is 4. The maximum Gasteiger partial charge on any atom is 0.306 e. The van der Waals surface area contributed by atoms with Crippen molar-refractivity contribution >= 4 is 41.0 Å². The van der Waals surface area contributed by atoms with Gasteiger partial charge in [-0.05, 0) is 30.7 Å². The Morgan fingerprint density at radius 3 is 2.24 bits per heavy atom. The molecule has 3 amide bonds. The van der Waals surface area contributed by atoms with E-state index in [0.29, 0.717) is 16.3 Å². The molecular weight excluding hydrogens is 398 g/mol. The van der Waals surface area contributed by atoms with Gasteiger partial charge in [0.05, 0.1) is 10.7 Å². The second-order valence-corrected chi connectivity index (χ2v) is 6.32. The molecule has 0 saturated heterocycles. The average molecular weight is 418 g/mol. The fourth-order valence-electron chi connectivity index (χ4n) is 2.21. The van der Waals surface area contributed by atoms with Gasteiger partial charge in [0, 0.05) is 18.4 Å². The third-order valence-electron chi connectivity index (χ3n) is 3.65. The fourth-order valence-corrected chi connectivity index (χ4v) is 2.39. The zero-order valence-electron chi connectivity index (χ0n) is 15.4. The molecule has 152 valence electrons. The van der Waals surface area contributed by atoms with E-state index in [9.17, 15) is 19.2 Å². The minimum Gasteiger partial charge on any atom is -0.455 e. The standard InChI is InChI=1S/C20H20ClN3O5/c21-15-9-4-5-10-16(15)22-17(25)11-6-12-19(27)29-13-18(26)23-24-20(28)14-7-2-1-3-8-14/h1-5,7-10H,6,11-13H2,(H,22,25)(H,23,26)(H,24,28). The molecule has 2 aromatic rings. The van der Waals surface area contributed by atoms with Gasteiger partial charge >= 0.3 is 5.97 Å². The van der Waals surface area contributed by atoms with Crippen LogP contribution in [0.15, 0.2) is 54.6 Å². The summed E-state index contributed by atoms with van der Waals surface area (Å²) in [6, 6.07) is 15.1. The van der Waals surface area contributed by atoms with Gasteiger partial charge in [-0.1, -0.05) is 41.9 Å². The number of nitrogens with one attached hydrogen (secondary N) is 3. The second-order valence-electron chi connectivity index (χ2n) is 5.91. The summed E-state index contributed by atoms with van der Waals surface area (Å²) in [6.07, 6.45) is 0.320. The summed E-state index contributed by atoms with van der Waals surface area (Å²) in [5, 5.41) is 3.07. The third-order valence-corrected chi connectivity index (χ3v) is 3.98. The van der Waals surface area contributed by atoms with Crippen molar-refractivity contribution in [3.05, 3.63) is 65.2 Å². The summed E-state index contributed by atoms with van der Waals surface area (Å²) in [5.74, 6) is -2.08. The third kappa shape index (κ3) is 8.02. The number of carbonyl (C=O) groups is 4. The number of anilines is 1. The lowest BCUT2D eigenvalue weighted by Gasteiger charge is -2.08.